The summed E-state index contributed by atoms with van der Waals surface area (Å²) >= 11 is 0. The molecule has 1 heterocycles. The van der Waals surface area contributed by atoms with Crippen LogP contribution in [0.2, 0.25) is 0 Å². The van der Waals surface area contributed by atoms with E-state index in [9.17, 15) is 13.6 Å². The van der Waals surface area contributed by atoms with Gasteiger partial charge in [-0.2, -0.15) is 0 Å². The molecule has 0 radical (unpaired) electrons. The van der Waals surface area contributed by atoms with E-state index in [1.54, 1.807) is 0 Å². The van der Waals surface area contributed by atoms with Crippen LogP contribution in [0.25, 0.3) is 0 Å². The van der Waals surface area contributed by atoms with Crippen LogP contribution in [-0.2, 0) is 4.74 Å². The molecule has 1 unspecified atom stereocenters. The predicted octanol–water partition coefficient (Wildman–Crippen LogP) is 2.65. The molecule has 0 spiro atoms. The Balaban J connectivity index is 2.01. The van der Waals surface area contributed by atoms with Gasteiger partial charge in [0.15, 0.2) is 5.78 Å². The lowest BCUT2D eigenvalue weighted by atomic mass is 10.1. The molecule has 5 heteroatoms. The second-order valence-corrected chi connectivity index (χ2v) is 4.97. The quantitative estimate of drug-likeness (QED) is 0.778. The maximum atomic E-state index is 13.5. The Labute approximate surface area is 117 Å². The fourth-order valence-corrected chi connectivity index (χ4v) is 2.57. The zero-order valence-electron chi connectivity index (χ0n) is 11.6. The smallest absolute Gasteiger partial charge is 0.182 e. The maximum Gasteiger partial charge on any atom is 0.182 e. The van der Waals surface area contributed by atoms with Gasteiger partial charge in [0, 0.05) is 13.2 Å². The molecule has 1 aliphatic heterocycles. The minimum atomic E-state index is -0.798. The average molecular weight is 283 g/mol. The van der Waals surface area contributed by atoms with E-state index in [0.717, 1.165) is 31.5 Å². The highest BCUT2D eigenvalue weighted by atomic mass is 19.1. The summed E-state index contributed by atoms with van der Waals surface area (Å²) in [4.78, 5) is 14.0. The van der Waals surface area contributed by atoms with Gasteiger partial charge in [-0.15, -0.1) is 0 Å². The Morgan fingerprint density at radius 2 is 2.10 bits per heavy atom. The predicted molar refractivity (Wildman–Crippen MR) is 71.8 cm³/mol. The molecular weight excluding hydrogens is 264 g/mol. The number of rotatable bonds is 5. The van der Waals surface area contributed by atoms with Gasteiger partial charge in [-0.25, -0.2) is 8.78 Å². The van der Waals surface area contributed by atoms with Crippen LogP contribution in [0.1, 0.15) is 30.1 Å². The van der Waals surface area contributed by atoms with Crippen molar-refractivity contribution < 1.29 is 18.3 Å². The summed E-state index contributed by atoms with van der Waals surface area (Å²) in [6.07, 6.45) is 2.00. The van der Waals surface area contributed by atoms with Gasteiger partial charge in [0.25, 0.3) is 0 Å². The SMILES string of the molecule is CCOC1CCCN(CC(=O)c2c(F)cccc2F)C1. The lowest BCUT2D eigenvalue weighted by Crippen LogP contribution is -2.42. The van der Waals surface area contributed by atoms with E-state index < -0.39 is 23.0 Å². The molecule has 1 atom stereocenters. The second kappa shape index (κ2) is 6.90. The van der Waals surface area contributed by atoms with Gasteiger partial charge in [0.2, 0.25) is 0 Å². The van der Waals surface area contributed by atoms with Gasteiger partial charge >= 0.3 is 0 Å². The molecule has 1 aromatic rings. The highest BCUT2D eigenvalue weighted by Gasteiger charge is 2.24. The Bertz CT molecular complexity index is 457. The molecular formula is C15H19F2NO2. The molecule has 1 saturated heterocycles. The van der Waals surface area contributed by atoms with E-state index in [1.165, 1.54) is 6.07 Å². The second-order valence-electron chi connectivity index (χ2n) is 4.97. The van der Waals surface area contributed by atoms with Crippen LogP contribution in [0.15, 0.2) is 18.2 Å². The Morgan fingerprint density at radius 1 is 1.40 bits per heavy atom. The molecule has 20 heavy (non-hydrogen) atoms. The van der Waals surface area contributed by atoms with Crippen molar-refractivity contribution in [1.29, 1.82) is 0 Å². The molecule has 1 fully saturated rings. The zero-order valence-corrected chi connectivity index (χ0v) is 11.6. The largest absolute Gasteiger partial charge is 0.377 e. The minimum absolute atomic E-state index is 0.0292. The van der Waals surface area contributed by atoms with E-state index in [2.05, 4.69) is 0 Å². The lowest BCUT2D eigenvalue weighted by molar-refractivity contribution is 0.00712. The van der Waals surface area contributed by atoms with E-state index in [-0.39, 0.29) is 12.6 Å². The third kappa shape index (κ3) is 3.61. The first-order valence-corrected chi connectivity index (χ1v) is 6.93. The van der Waals surface area contributed by atoms with Crippen molar-refractivity contribution in [2.45, 2.75) is 25.9 Å². The summed E-state index contributed by atoms with van der Waals surface area (Å²) in [5.74, 6) is -2.11. The number of hydrogen-bond donors (Lipinski definition) is 0. The fourth-order valence-electron chi connectivity index (χ4n) is 2.57. The molecule has 0 amide bonds. The third-order valence-electron chi connectivity index (χ3n) is 3.47. The first-order chi connectivity index (χ1) is 9.61. The highest BCUT2D eigenvalue weighted by molar-refractivity contribution is 5.98. The maximum absolute atomic E-state index is 13.5. The number of likely N-dealkylation sites (tertiary alicyclic amines) is 1. The number of ketones is 1. The Morgan fingerprint density at radius 3 is 2.75 bits per heavy atom. The van der Waals surface area contributed by atoms with E-state index in [1.807, 2.05) is 11.8 Å². The molecule has 0 aromatic heterocycles. The number of ether oxygens (including phenoxy) is 1. The van der Waals surface area contributed by atoms with Crippen molar-refractivity contribution in [3.8, 4) is 0 Å². The number of benzene rings is 1. The number of Topliss-reactive ketones (excluding diaryl/α,β-unsaturated/α-hetero) is 1. The number of carbonyl (C=O) groups is 1. The normalized spacial score (nSPS) is 20.1. The Hall–Kier alpha value is -1.33. The van der Waals surface area contributed by atoms with Crippen LogP contribution in [0.4, 0.5) is 8.78 Å². The number of piperidine rings is 1. The molecule has 3 nitrogen and oxygen atoms in total. The van der Waals surface area contributed by atoms with Gasteiger partial charge in [-0.3, -0.25) is 9.69 Å². The number of halogens is 2. The van der Waals surface area contributed by atoms with Crippen LogP contribution in [0.3, 0.4) is 0 Å². The van der Waals surface area contributed by atoms with Crippen molar-refractivity contribution in [2.75, 3.05) is 26.2 Å². The van der Waals surface area contributed by atoms with E-state index in [0.29, 0.717) is 13.2 Å². The summed E-state index contributed by atoms with van der Waals surface area (Å²) in [5.41, 5.74) is -0.439. The van der Waals surface area contributed by atoms with Gasteiger partial charge in [0.05, 0.1) is 18.2 Å². The van der Waals surface area contributed by atoms with Gasteiger partial charge < -0.3 is 4.74 Å². The monoisotopic (exact) mass is 283 g/mol. The van der Waals surface area contributed by atoms with Crippen molar-refractivity contribution in [1.82, 2.24) is 4.90 Å². The van der Waals surface area contributed by atoms with Crippen LogP contribution >= 0.6 is 0 Å². The summed E-state index contributed by atoms with van der Waals surface area (Å²) in [6.45, 7) is 3.98. The third-order valence-corrected chi connectivity index (χ3v) is 3.47. The first kappa shape index (κ1) is 15.1. The summed E-state index contributed by atoms with van der Waals surface area (Å²) in [7, 11) is 0. The van der Waals surface area contributed by atoms with Crippen LogP contribution in [0.5, 0.6) is 0 Å². The van der Waals surface area contributed by atoms with Crippen molar-refractivity contribution in [3.05, 3.63) is 35.4 Å². The van der Waals surface area contributed by atoms with Crippen molar-refractivity contribution >= 4 is 5.78 Å². The first-order valence-electron chi connectivity index (χ1n) is 6.93. The Kier molecular flexibility index (Phi) is 5.20. The number of carbonyl (C=O) groups excluding carboxylic acids is 1. The van der Waals surface area contributed by atoms with E-state index >= 15 is 0 Å². The molecule has 0 N–H and O–H groups in total. The molecule has 2 rings (SSSR count). The minimum Gasteiger partial charge on any atom is -0.377 e. The molecule has 0 saturated carbocycles. The number of nitrogens with zero attached hydrogens (tertiary/aromatic N) is 1. The van der Waals surface area contributed by atoms with Crippen molar-refractivity contribution in [3.63, 3.8) is 0 Å². The van der Waals surface area contributed by atoms with E-state index in [4.69, 9.17) is 4.74 Å². The number of hydrogen-bond acceptors (Lipinski definition) is 3. The van der Waals surface area contributed by atoms with Crippen LogP contribution in [-0.4, -0.2) is 43.0 Å². The molecule has 1 aromatic carbocycles. The van der Waals surface area contributed by atoms with Crippen molar-refractivity contribution in [2.24, 2.45) is 0 Å². The van der Waals surface area contributed by atoms with Crippen LogP contribution < -0.4 is 0 Å². The summed E-state index contributed by atoms with van der Waals surface area (Å²) < 4.78 is 32.6. The standard InChI is InChI=1S/C15H19F2NO2/c1-2-20-11-5-4-8-18(9-11)10-14(19)15-12(16)6-3-7-13(15)17/h3,6-7,11H,2,4-5,8-10H2,1H3. The van der Waals surface area contributed by atoms with Gasteiger partial charge in [-0.05, 0) is 38.4 Å². The molecule has 0 bridgehead atoms. The van der Waals surface area contributed by atoms with Gasteiger partial charge in [0.1, 0.15) is 11.6 Å². The fraction of sp³-hybridized carbons (Fsp3) is 0.533. The molecule has 0 aliphatic carbocycles. The lowest BCUT2D eigenvalue weighted by Gasteiger charge is -2.31. The topological polar surface area (TPSA) is 29.5 Å². The van der Waals surface area contributed by atoms with Crippen LogP contribution in [0, 0.1) is 11.6 Å². The average Bonchev–Trinajstić information content (AvgIpc) is 2.39. The zero-order chi connectivity index (χ0) is 14.5. The summed E-state index contributed by atoms with van der Waals surface area (Å²) in [5, 5.41) is 0. The van der Waals surface area contributed by atoms with Gasteiger partial charge in [-0.1, -0.05) is 6.07 Å². The molecule has 110 valence electrons. The highest BCUT2D eigenvalue weighted by Crippen LogP contribution is 2.16. The summed E-state index contributed by atoms with van der Waals surface area (Å²) in [6, 6.07) is 3.47. The molecule has 1 aliphatic rings.